The van der Waals surface area contributed by atoms with E-state index in [1.54, 1.807) is 23.5 Å². The van der Waals surface area contributed by atoms with Crippen molar-refractivity contribution in [1.82, 2.24) is 24.9 Å². The molecule has 1 aliphatic rings. The molecule has 4 aromatic rings. The molecule has 1 fully saturated rings. The summed E-state index contributed by atoms with van der Waals surface area (Å²) in [6, 6.07) is 17.2. The van der Waals surface area contributed by atoms with Crippen molar-refractivity contribution >= 4 is 27.2 Å². The molecule has 0 radical (unpaired) electrons. The lowest BCUT2D eigenvalue weighted by Gasteiger charge is -2.17. The van der Waals surface area contributed by atoms with Crippen LogP contribution < -0.4 is 10.1 Å². The lowest BCUT2D eigenvalue weighted by atomic mass is 10.1. The van der Waals surface area contributed by atoms with Gasteiger partial charge < -0.3 is 5.43 Å². The highest BCUT2D eigenvalue weighted by Gasteiger charge is 2.20. The summed E-state index contributed by atoms with van der Waals surface area (Å²) >= 11 is 1.61. The van der Waals surface area contributed by atoms with Gasteiger partial charge in [-0.05, 0) is 73.4 Å². The van der Waals surface area contributed by atoms with E-state index in [-0.39, 0.29) is 11.4 Å². The third-order valence-electron chi connectivity index (χ3n) is 6.98. The molecular formula is C29H36N6O2S2. The largest absolute Gasteiger partial charge is 0.303 e. The van der Waals surface area contributed by atoms with Crippen LogP contribution in [0.15, 0.2) is 64.9 Å². The lowest BCUT2D eigenvalue weighted by molar-refractivity contribution is 0.408. The van der Waals surface area contributed by atoms with Crippen molar-refractivity contribution in [2.24, 2.45) is 0 Å². The Bertz CT molecular complexity index is 1440. The molecule has 3 aromatic heterocycles. The van der Waals surface area contributed by atoms with Gasteiger partial charge in [0.1, 0.15) is 11.5 Å². The molecule has 0 unspecified atom stereocenters. The Balaban J connectivity index is 1.32. The molecule has 0 aliphatic carbocycles. The molecule has 0 amide bonds. The first-order valence-electron chi connectivity index (χ1n) is 13.7. The van der Waals surface area contributed by atoms with E-state index in [1.807, 2.05) is 47.8 Å². The van der Waals surface area contributed by atoms with E-state index in [4.69, 9.17) is 4.98 Å². The number of sulfonamides is 1. The van der Waals surface area contributed by atoms with Gasteiger partial charge in [0, 0.05) is 25.2 Å². The third-order valence-corrected chi connectivity index (χ3v) is 9.33. The smallest absolute Gasteiger partial charge is 0.240 e. The van der Waals surface area contributed by atoms with Crippen LogP contribution in [0.2, 0.25) is 0 Å². The van der Waals surface area contributed by atoms with Crippen LogP contribution in [0.3, 0.4) is 0 Å². The number of hydrogen-bond acceptors (Lipinski definition) is 7. The van der Waals surface area contributed by atoms with Crippen LogP contribution in [-0.2, 0) is 22.9 Å². The van der Waals surface area contributed by atoms with Crippen LogP contribution in [0.1, 0.15) is 50.2 Å². The van der Waals surface area contributed by atoms with Crippen molar-refractivity contribution in [1.29, 1.82) is 0 Å². The number of nitrogens with zero attached hydrogens (tertiary/aromatic N) is 3. The van der Waals surface area contributed by atoms with Gasteiger partial charge in [0.05, 0.1) is 21.2 Å². The second kappa shape index (κ2) is 12.9. The van der Waals surface area contributed by atoms with Gasteiger partial charge in [-0.1, -0.05) is 44.0 Å². The van der Waals surface area contributed by atoms with Gasteiger partial charge in [0.15, 0.2) is 0 Å². The van der Waals surface area contributed by atoms with E-state index in [9.17, 15) is 8.42 Å². The molecule has 0 spiro atoms. The number of benzene rings is 1. The number of hydrazine groups is 1. The molecule has 0 atom stereocenters. The highest BCUT2D eigenvalue weighted by molar-refractivity contribution is 7.89. The first-order chi connectivity index (χ1) is 19.0. The SMILES string of the molecule is CCCCCc1ccc(S(=O)(=O)NCCc2c(-c3cccs3)n[nH]c2-c2cccc(NN3CCCC3)n2)cc1. The van der Waals surface area contributed by atoms with Crippen LogP contribution >= 0.6 is 11.3 Å². The zero-order chi connectivity index (χ0) is 27.1. The van der Waals surface area contributed by atoms with Crippen molar-refractivity contribution in [2.75, 3.05) is 25.1 Å². The molecular weight excluding hydrogens is 528 g/mol. The molecule has 5 rings (SSSR count). The van der Waals surface area contributed by atoms with Gasteiger partial charge in [-0.15, -0.1) is 11.3 Å². The number of hydrogen-bond donors (Lipinski definition) is 3. The second-order valence-electron chi connectivity index (χ2n) is 9.87. The third kappa shape index (κ3) is 6.94. The van der Waals surface area contributed by atoms with Gasteiger partial charge in [0.2, 0.25) is 10.0 Å². The minimum Gasteiger partial charge on any atom is -0.303 e. The molecule has 1 saturated heterocycles. The summed E-state index contributed by atoms with van der Waals surface area (Å²) < 4.78 is 28.9. The summed E-state index contributed by atoms with van der Waals surface area (Å²) in [4.78, 5) is 6.16. The van der Waals surface area contributed by atoms with Crippen molar-refractivity contribution in [2.45, 2.75) is 56.8 Å². The summed E-state index contributed by atoms with van der Waals surface area (Å²) in [5.41, 5.74) is 7.91. The van der Waals surface area contributed by atoms with Crippen molar-refractivity contribution in [3.05, 3.63) is 71.1 Å². The minimum absolute atomic E-state index is 0.247. The fraction of sp³-hybridized carbons (Fsp3) is 0.379. The Kier molecular flexibility index (Phi) is 9.08. The average Bonchev–Trinajstić information content (AvgIpc) is 3.72. The fourth-order valence-corrected chi connectivity index (χ4v) is 6.65. The molecule has 3 N–H and O–H groups in total. The number of anilines is 1. The zero-order valence-corrected chi connectivity index (χ0v) is 24.0. The normalized spacial score (nSPS) is 14.2. The summed E-state index contributed by atoms with van der Waals surface area (Å²) in [6.07, 6.45) is 7.27. The number of pyridine rings is 1. The number of unbranched alkanes of at least 4 members (excludes halogenated alkanes) is 2. The lowest BCUT2D eigenvalue weighted by Crippen LogP contribution is -2.26. The van der Waals surface area contributed by atoms with Gasteiger partial charge in [0.25, 0.3) is 0 Å². The number of aromatic amines is 1. The molecule has 206 valence electrons. The standard InChI is InChI=1S/C29H36N6O2S2/c1-2-3-4-9-22-13-15-23(16-14-22)39(36,37)30-18-17-24-28(32-33-29(24)26-11-8-21-38-26)25-10-7-12-27(31-25)34-35-19-5-6-20-35/h7-8,10-16,21,30H,2-6,9,17-20H2,1H3,(H,31,34)(H,32,33). The van der Waals surface area contributed by atoms with Crippen molar-refractivity contribution < 1.29 is 8.42 Å². The van der Waals surface area contributed by atoms with Gasteiger partial charge in [-0.2, -0.15) is 5.10 Å². The first-order valence-corrected chi connectivity index (χ1v) is 16.1. The number of nitrogens with one attached hydrogen (secondary N) is 3. The number of aryl methyl sites for hydroxylation is 1. The van der Waals surface area contributed by atoms with E-state index in [0.29, 0.717) is 6.42 Å². The number of rotatable bonds is 13. The van der Waals surface area contributed by atoms with E-state index in [0.717, 1.165) is 59.3 Å². The Labute approximate surface area is 234 Å². The predicted molar refractivity (Wildman–Crippen MR) is 158 cm³/mol. The molecule has 1 aliphatic heterocycles. The van der Waals surface area contributed by atoms with Crippen LogP contribution in [0.5, 0.6) is 0 Å². The summed E-state index contributed by atoms with van der Waals surface area (Å²) in [7, 11) is -3.63. The Morgan fingerprint density at radius 1 is 1.00 bits per heavy atom. The van der Waals surface area contributed by atoms with Gasteiger partial charge in [-0.25, -0.2) is 23.1 Å². The fourth-order valence-electron chi connectivity index (χ4n) is 4.87. The highest BCUT2D eigenvalue weighted by Crippen LogP contribution is 2.33. The maximum absolute atomic E-state index is 13.1. The summed E-state index contributed by atoms with van der Waals surface area (Å²) in [5.74, 6) is 0.784. The van der Waals surface area contributed by atoms with E-state index in [1.165, 1.54) is 31.2 Å². The topological polar surface area (TPSA) is 103 Å². The van der Waals surface area contributed by atoms with Gasteiger partial charge in [-0.3, -0.25) is 5.10 Å². The van der Waals surface area contributed by atoms with Crippen LogP contribution in [0.25, 0.3) is 22.0 Å². The molecule has 0 bridgehead atoms. The minimum atomic E-state index is -3.63. The zero-order valence-electron chi connectivity index (χ0n) is 22.3. The number of H-pyrrole nitrogens is 1. The quantitative estimate of drug-likeness (QED) is 0.175. The molecule has 39 heavy (non-hydrogen) atoms. The van der Waals surface area contributed by atoms with E-state index in [2.05, 4.69) is 32.3 Å². The second-order valence-corrected chi connectivity index (χ2v) is 12.6. The molecule has 10 heteroatoms. The molecule has 4 heterocycles. The number of thiophene rings is 1. The van der Waals surface area contributed by atoms with E-state index < -0.39 is 10.0 Å². The van der Waals surface area contributed by atoms with Crippen LogP contribution in [0, 0.1) is 0 Å². The van der Waals surface area contributed by atoms with Crippen LogP contribution in [-0.4, -0.2) is 48.2 Å². The van der Waals surface area contributed by atoms with E-state index >= 15 is 0 Å². The number of aromatic nitrogens is 3. The maximum Gasteiger partial charge on any atom is 0.240 e. The predicted octanol–water partition coefficient (Wildman–Crippen LogP) is 5.88. The van der Waals surface area contributed by atoms with Gasteiger partial charge >= 0.3 is 0 Å². The molecule has 1 aromatic carbocycles. The van der Waals surface area contributed by atoms with Crippen LogP contribution in [0.4, 0.5) is 5.82 Å². The monoisotopic (exact) mass is 564 g/mol. The Morgan fingerprint density at radius 3 is 2.56 bits per heavy atom. The van der Waals surface area contributed by atoms with Crippen molar-refractivity contribution in [3.8, 4) is 22.0 Å². The highest BCUT2D eigenvalue weighted by atomic mass is 32.2. The summed E-state index contributed by atoms with van der Waals surface area (Å²) in [5, 5.41) is 12.0. The molecule has 8 nitrogen and oxygen atoms in total. The Hall–Kier alpha value is -3.05. The first kappa shape index (κ1) is 27.5. The Morgan fingerprint density at radius 2 is 1.82 bits per heavy atom. The molecule has 0 saturated carbocycles. The van der Waals surface area contributed by atoms with Crippen molar-refractivity contribution in [3.63, 3.8) is 0 Å². The maximum atomic E-state index is 13.1. The summed E-state index contributed by atoms with van der Waals surface area (Å²) in [6.45, 7) is 4.44. The average molecular weight is 565 g/mol.